The number of hydrogen-bond donors (Lipinski definition) is 1. The monoisotopic (exact) mass is 352 g/mol. The molecule has 0 unspecified atom stereocenters. The molecule has 3 heterocycles. The van der Waals surface area contributed by atoms with Crippen molar-refractivity contribution in [1.82, 2.24) is 9.88 Å². The van der Waals surface area contributed by atoms with E-state index in [1.54, 1.807) is 12.3 Å². The normalized spacial score (nSPS) is 18.9. The third-order valence-corrected chi connectivity index (χ3v) is 5.06. The van der Waals surface area contributed by atoms with Gasteiger partial charge in [0.1, 0.15) is 11.8 Å². The summed E-state index contributed by atoms with van der Waals surface area (Å²) < 4.78 is 5.53. The molecule has 134 valence electrons. The lowest BCUT2D eigenvalue weighted by Crippen LogP contribution is -2.48. The van der Waals surface area contributed by atoms with Crippen LogP contribution in [0.3, 0.4) is 0 Å². The van der Waals surface area contributed by atoms with Gasteiger partial charge in [-0.1, -0.05) is 6.07 Å². The number of likely N-dealkylation sites (tertiary alicyclic amines) is 1. The van der Waals surface area contributed by atoms with Crippen molar-refractivity contribution < 1.29 is 19.4 Å². The van der Waals surface area contributed by atoms with Gasteiger partial charge >= 0.3 is 5.97 Å². The molecule has 1 atom stereocenters. The van der Waals surface area contributed by atoms with Crippen LogP contribution in [0, 0.1) is 0 Å². The predicted octanol–water partition coefficient (Wildman–Crippen LogP) is 2.76. The second kappa shape index (κ2) is 6.78. The Morgan fingerprint density at radius 3 is 2.88 bits per heavy atom. The Labute approximate surface area is 151 Å². The zero-order chi connectivity index (χ0) is 18.1. The zero-order valence-electron chi connectivity index (χ0n) is 14.4. The molecule has 1 aromatic heterocycles. The third-order valence-electron chi connectivity index (χ3n) is 5.06. The van der Waals surface area contributed by atoms with Crippen molar-refractivity contribution >= 4 is 11.9 Å². The minimum atomic E-state index is -0.944. The Morgan fingerprint density at radius 2 is 2.04 bits per heavy atom. The van der Waals surface area contributed by atoms with Gasteiger partial charge in [0.25, 0.3) is 5.91 Å². The van der Waals surface area contributed by atoms with Gasteiger partial charge in [-0.3, -0.25) is 9.78 Å². The lowest BCUT2D eigenvalue weighted by atomic mass is 9.99. The van der Waals surface area contributed by atoms with Crippen LogP contribution in [0.4, 0.5) is 0 Å². The molecule has 0 spiro atoms. The Hall–Kier alpha value is -2.89. The van der Waals surface area contributed by atoms with E-state index >= 15 is 0 Å². The first-order valence-electron chi connectivity index (χ1n) is 8.88. The topological polar surface area (TPSA) is 79.7 Å². The summed E-state index contributed by atoms with van der Waals surface area (Å²) in [5.41, 5.74) is 3.40. The van der Waals surface area contributed by atoms with Gasteiger partial charge in [0.2, 0.25) is 0 Å². The fraction of sp³-hybridized carbons (Fsp3) is 0.350. The lowest BCUT2D eigenvalue weighted by Gasteiger charge is -2.33. The molecule has 0 bridgehead atoms. The molecule has 1 fully saturated rings. The molecule has 2 aliphatic heterocycles. The first kappa shape index (κ1) is 16.6. The third kappa shape index (κ3) is 3.03. The molecule has 2 aliphatic rings. The van der Waals surface area contributed by atoms with Gasteiger partial charge in [0.05, 0.1) is 12.2 Å². The molecule has 0 aliphatic carbocycles. The number of nitrogens with zero attached hydrogens (tertiary/aromatic N) is 2. The van der Waals surface area contributed by atoms with Gasteiger partial charge in [-0.15, -0.1) is 0 Å². The van der Waals surface area contributed by atoms with Crippen LogP contribution in [0.5, 0.6) is 5.75 Å². The van der Waals surface area contributed by atoms with E-state index < -0.39 is 12.0 Å². The minimum absolute atomic E-state index is 0.268. The summed E-state index contributed by atoms with van der Waals surface area (Å²) in [6.45, 7) is 1.16. The summed E-state index contributed by atoms with van der Waals surface area (Å²) in [6, 6.07) is 7.00. The first-order chi connectivity index (χ1) is 12.6. The van der Waals surface area contributed by atoms with Crippen LogP contribution in [0.25, 0.3) is 11.1 Å². The molecule has 0 radical (unpaired) electrons. The summed E-state index contributed by atoms with van der Waals surface area (Å²) in [7, 11) is 0. The predicted molar refractivity (Wildman–Crippen MR) is 95.2 cm³/mol. The van der Waals surface area contributed by atoms with Crippen molar-refractivity contribution in [2.75, 3.05) is 13.2 Å². The van der Waals surface area contributed by atoms with E-state index in [0.717, 1.165) is 41.7 Å². The van der Waals surface area contributed by atoms with Crippen LogP contribution < -0.4 is 4.74 Å². The van der Waals surface area contributed by atoms with Crippen molar-refractivity contribution in [3.05, 3.63) is 47.8 Å². The number of hydrogen-bond acceptors (Lipinski definition) is 4. The highest BCUT2D eigenvalue weighted by molar-refractivity contribution is 5.97. The number of piperidine rings is 1. The molecule has 0 saturated carbocycles. The second-order valence-electron chi connectivity index (χ2n) is 6.73. The average Bonchev–Trinajstić information content (AvgIpc) is 3.15. The van der Waals surface area contributed by atoms with E-state index in [1.807, 2.05) is 12.1 Å². The maximum Gasteiger partial charge on any atom is 0.326 e. The summed E-state index contributed by atoms with van der Waals surface area (Å²) in [5.74, 6) is -0.303. The van der Waals surface area contributed by atoms with Crippen molar-refractivity contribution in [1.29, 1.82) is 0 Å². The lowest BCUT2D eigenvalue weighted by molar-refractivity contribution is -0.143. The first-order valence-corrected chi connectivity index (χ1v) is 8.88. The second-order valence-corrected chi connectivity index (χ2v) is 6.73. The van der Waals surface area contributed by atoms with Crippen LogP contribution in [-0.4, -0.2) is 46.1 Å². The highest BCUT2D eigenvalue weighted by Gasteiger charge is 2.32. The molecular weight excluding hydrogens is 332 g/mol. The van der Waals surface area contributed by atoms with Crippen LogP contribution in [0.15, 0.2) is 36.7 Å². The van der Waals surface area contributed by atoms with Crippen LogP contribution in [0.2, 0.25) is 0 Å². The van der Waals surface area contributed by atoms with E-state index in [0.29, 0.717) is 25.1 Å². The number of ether oxygens (including phenoxy) is 1. The van der Waals surface area contributed by atoms with Crippen molar-refractivity contribution in [3.8, 4) is 16.9 Å². The molecule has 1 saturated heterocycles. The van der Waals surface area contributed by atoms with E-state index in [4.69, 9.17) is 4.74 Å². The van der Waals surface area contributed by atoms with Gasteiger partial charge in [-0.05, 0) is 48.6 Å². The van der Waals surface area contributed by atoms with Gasteiger partial charge in [0, 0.05) is 30.9 Å². The molecular formula is C20H20N2O4. The molecule has 1 N–H and O–H groups in total. The number of carboxylic acids is 1. The van der Waals surface area contributed by atoms with E-state index in [9.17, 15) is 14.7 Å². The van der Waals surface area contributed by atoms with Gasteiger partial charge in [0.15, 0.2) is 0 Å². The highest BCUT2D eigenvalue weighted by Crippen LogP contribution is 2.31. The smallest absolute Gasteiger partial charge is 0.326 e. The SMILES string of the molecule is O=C(O)[C@H]1CCCCN1C(=O)c1cncc(-c2ccc3c(c2)CCO3)c1. The number of aromatic nitrogens is 1. The number of rotatable bonds is 3. The van der Waals surface area contributed by atoms with Gasteiger partial charge in [-0.2, -0.15) is 0 Å². The number of carbonyl (C=O) groups excluding carboxylic acids is 1. The molecule has 2 aromatic rings. The number of amides is 1. The highest BCUT2D eigenvalue weighted by atomic mass is 16.5. The Kier molecular flexibility index (Phi) is 4.32. The standard InChI is InChI=1S/C20H20N2O4/c23-19(22-7-2-1-3-17(22)20(24)25)16-10-15(11-21-12-16)13-4-5-18-14(9-13)6-8-26-18/h4-5,9-12,17H,1-3,6-8H2,(H,24,25)/t17-/m1/s1. The number of pyridine rings is 1. The Bertz CT molecular complexity index is 865. The largest absolute Gasteiger partial charge is 0.493 e. The van der Waals surface area contributed by atoms with E-state index in [1.165, 1.54) is 11.1 Å². The number of aliphatic carboxylic acids is 1. The average molecular weight is 352 g/mol. The zero-order valence-corrected chi connectivity index (χ0v) is 14.4. The molecule has 1 amide bonds. The van der Waals surface area contributed by atoms with Gasteiger partial charge < -0.3 is 14.7 Å². The maximum absolute atomic E-state index is 12.9. The summed E-state index contributed by atoms with van der Waals surface area (Å²) in [6.07, 6.45) is 6.26. The minimum Gasteiger partial charge on any atom is -0.493 e. The number of benzene rings is 1. The Balaban J connectivity index is 1.63. The number of carbonyl (C=O) groups is 2. The number of fused-ring (bicyclic) bond motifs is 1. The quantitative estimate of drug-likeness (QED) is 0.919. The molecule has 6 heteroatoms. The maximum atomic E-state index is 12.9. The summed E-state index contributed by atoms with van der Waals surface area (Å²) in [4.78, 5) is 30.0. The Morgan fingerprint density at radius 1 is 1.15 bits per heavy atom. The molecule has 4 rings (SSSR count). The van der Waals surface area contributed by atoms with E-state index in [-0.39, 0.29) is 5.91 Å². The summed E-state index contributed by atoms with van der Waals surface area (Å²) in [5, 5.41) is 9.41. The van der Waals surface area contributed by atoms with Crippen LogP contribution >= 0.6 is 0 Å². The van der Waals surface area contributed by atoms with Crippen molar-refractivity contribution in [2.24, 2.45) is 0 Å². The van der Waals surface area contributed by atoms with E-state index in [2.05, 4.69) is 11.1 Å². The summed E-state index contributed by atoms with van der Waals surface area (Å²) >= 11 is 0. The molecule has 6 nitrogen and oxygen atoms in total. The fourth-order valence-electron chi connectivity index (χ4n) is 3.68. The molecule has 1 aromatic carbocycles. The fourth-order valence-corrected chi connectivity index (χ4v) is 3.68. The molecule has 26 heavy (non-hydrogen) atoms. The number of carboxylic acid groups (broad SMARTS) is 1. The van der Waals surface area contributed by atoms with Crippen LogP contribution in [-0.2, 0) is 11.2 Å². The van der Waals surface area contributed by atoms with Crippen LogP contribution in [0.1, 0.15) is 35.2 Å². The van der Waals surface area contributed by atoms with Crippen molar-refractivity contribution in [2.45, 2.75) is 31.7 Å². The van der Waals surface area contributed by atoms with Gasteiger partial charge in [-0.25, -0.2) is 4.79 Å². The van der Waals surface area contributed by atoms with Crippen molar-refractivity contribution in [3.63, 3.8) is 0 Å².